The van der Waals surface area contributed by atoms with Crippen molar-refractivity contribution >= 4 is 17.8 Å². The zero-order chi connectivity index (χ0) is 14.1. The number of carbonyl (C=O) groups is 3. The van der Waals surface area contributed by atoms with E-state index >= 15 is 0 Å². The number of urea groups is 1. The summed E-state index contributed by atoms with van der Waals surface area (Å²) < 4.78 is 0. The third-order valence-corrected chi connectivity index (χ3v) is 4.32. The van der Waals surface area contributed by atoms with Gasteiger partial charge in [-0.3, -0.25) is 14.5 Å². The second kappa shape index (κ2) is 5.42. The lowest BCUT2D eigenvalue weighted by Gasteiger charge is -2.23. The Labute approximate surface area is 118 Å². The van der Waals surface area contributed by atoms with Gasteiger partial charge in [0, 0.05) is 19.1 Å². The number of amides is 4. The molecular formula is C14H21N3O3. The molecule has 2 heterocycles. The van der Waals surface area contributed by atoms with E-state index in [1.54, 1.807) is 9.80 Å². The van der Waals surface area contributed by atoms with Gasteiger partial charge >= 0.3 is 6.03 Å². The van der Waals surface area contributed by atoms with E-state index in [-0.39, 0.29) is 37.0 Å². The summed E-state index contributed by atoms with van der Waals surface area (Å²) in [7, 11) is 0. The molecule has 3 fully saturated rings. The lowest BCUT2D eigenvalue weighted by Crippen LogP contribution is -2.44. The zero-order valence-electron chi connectivity index (χ0n) is 11.7. The number of hydrogen-bond donors (Lipinski definition) is 0. The van der Waals surface area contributed by atoms with E-state index in [0.717, 1.165) is 56.5 Å². The monoisotopic (exact) mass is 279 g/mol. The van der Waals surface area contributed by atoms with Gasteiger partial charge in [0.1, 0.15) is 13.1 Å². The quantitative estimate of drug-likeness (QED) is 0.718. The minimum Gasteiger partial charge on any atom is -0.341 e. The fourth-order valence-corrected chi connectivity index (χ4v) is 2.94. The maximum absolute atomic E-state index is 12.3. The van der Waals surface area contributed by atoms with E-state index in [1.807, 2.05) is 0 Å². The van der Waals surface area contributed by atoms with Gasteiger partial charge in [0.05, 0.1) is 0 Å². The Morgan fingerprint density at radius 2 is 1.70 bits per heavy atom. The summed E-state index contributed by atoms with van der Waals surface area (Å²) in [6.07, 6.45) is 6.30. The second-order valence-corrected chi connectivity index (χ2v) is 5.92. The predicted molar refractivity (Wildman–Crippen MR) is 71.9 cm³/mol. The maximum Gasteiger partial charge on any atom is 0.327 e. The molecule has 4 amide bonds. The van der Waals surface area contributed by atoms with E-state index in [4.69, 9.17) is 0 Å². The molecule has 1 saturated carbocycles. The minimum atomic E-state index is -0.277. The standard InChI is InChI=1S/C14H21N3O3/c18-12(15-7-3-1-2-4-8-15)9-17-13(19)10-16(14(17)20)11-5-6-11/h11H,1-10H2. The van der Waals surface area contributed by atoms with Crippen LogP contribution in [0.25, 0.3) is 0 Å². The number of carbonyl (C=O) groups excluding carboxylic acids is 3. The molecule has 0 radical (unpaired) electrons. The van der Waals surface area contributed by atoms with Crippen LogP contribution in [0.1, 0.15) is 38.5 Å². The molecule has 0 aromatic carbocycles. The van der Waals surface area contributed by atoms with E-state index in [1.165, 1.54) is 0 Å². The van der Waals surface area contributed by atoms with Gasteiger partial charge < -0.3 is 9.80 Å². The summed E-state index contributed by atoms with van der Waals surface area (Å²) in [6.45, 7) is 1.57. The van der Waals surface area contributed by atoms with Gasteiger partial charge in [-0.25, -0.2) is 4.79 Å². The summed E-state index contributed by atoms with van der Waals surface area (Å²) >= 11 is 0. The molecule has 20 heavy (non-hydrogen) atoms. The summed E-state index contributed by atoms with van der Waals surface area (Å²) in [5, 5.41) is 0. The molecule has 0 unspecified atom stereocenters. The van der Waals surface area contributed by atoms with Crippen molar-refractivity contribution in [3.63, 3.8) is 0 Å². The fourth-order valence-electron chi connectivity index (χ4n) is 2.94. The molecule has 110 valence electrons. The third-order valence-electron chi connectivity index (χ3n) is 4.32. The average molecular weight is 279 g/mol. The Morgan fingerprint density at radius 3 is 2.30 bits per heavy atom. The van der Waals surface area contributed by atoms with Crippen LogP contribution < -0.4 is 0 Å². The SMILES string of the molecule is O=C(CN1C(=O)CN(C2CC2)C1=O)N1CCCCCC1. The zero-order valence-corrected chi connectivity index (χ0v) is 11.7. The highest BCUT2D eigenvalue weighted by atomic mass is 16.2. The molecule has 2 saturated heterocycles. The molecule has 6 heteroatoms. The summed E-state index contributed by atoms with van der Waals surface area (Å²) in [6, 6.07) is -0.0505. The lowest BCUT2D eigenvalue weighted by atomic mass is 10.2. The van der Waals surface area contributed by atoms with Gasteiger partial charge in [-0.15, -0.1) is 0 Å². The Kier molecular flexibility index (Phi) is 3.63. The van der Waals surface area contributed by atoms with Gasteiger partial charge in [0.25, 0.3) is 5.91 Å². The summed E-state index contributed by atoms with van der Waals surface area (Å²) in [5.41, 5.74) is 0. The molecular weight excluding hydrogens is 258 g/mol. The summed E-state index contributed by atoms with van der Waals surface area (Å²) in [5.74, 6) is -0.323. The Bertz CT molecular complexity index is 425. The van der Waals surface area contributed by atoms with E-state index < -0.39 is 0 Å². The third kappa shape index (κ3) is 2.64. The van der Waals surface area contributed by atoms with Gasteiger partial charge in [-0.2, -0.15) is 0 Å². The van der Waals surface area contributed by atoms with Gasteiger partial charge in [0.2, 0.25) is 5.91 Å². The van der Waals surface area contributed by atoms with Gasteiger partial charge in [0.15, 0.2) is 0 Å². The Hall–Kier alpha value is -1.59. The van der Waals surface area contributed by atoms with Crippen LogP contribution in [0, 0.1) is 0 Å². The molecule has 3 aliphatic rings. The van der Waals surface area contributed by atoms with Crippen LogP contribution in [-0.4, -0.2) is 64.8 Å². The maximum atomic E-state index is 12.3. The van der Waals surface area contributed by atoms with Crippen LogP contribution in [-0.2, 0) is 9.59 Å². The first-order valence-electron chi connectivity index (χ1n) is 7.55. The molecule has 0 N–H and O–H groups in total. The van der Waals surface area contributed by atoms with E-state index in [0.29, 0.717) is 0 Å². The molecule has 0 aromatic heterocycles. The van der Waals surface area contributed by atoms with Crippen molar-refractivity contribution in [3.8, 4) is 0 Å². The molecule has 6 nitrogen and oxygen atoms in total. The van der Waals surface area contributed by atoms with Crippen LogP contribution in [0.4, 0.5) is 4.79 Å². The van der Waals surface area contributed by atoms with Crippen LogP contribution in [0.15, 0.2) is 0 Å². The number of rotatable bonds is 3. The van der Waals surface area contributed by atoms with Gasteiger partial charge in [-0.05, 0) is 25.7 Å². The van der Waals surface area contributed by atoms with Crippen molar-refractivity contribution in [2.45, 2.75) is 44.6 Å². The first-order chi connectivity index (χ1) is 9.66. The Morgan fingerprint density at radius 1 is 1.05 bits per heavy atom. The van der Waals surface area contributed by atoms with E-state index in [9.17, 15) is 14.4 Å². The van der Waals surface area contributed by atoms with Crippen molar-refractivity contribution in [1.82, 2.24) is 14.7 Å². The highest BCUT2D eigenvalue weighted by Crippen LogP contribution is 2.30. The first-order valence-corrected chi connectivity index (χ1v) is 7.55. The molecule has 0 atom stereocenters. The minimum absolute atomic E-state index is 0.0825. The molecule has 0 bridgehead atoms. The van der Waals surface area contributed by atoms with Crippen molar-refractivity contribution in [2.75, 3.05) is 26.2 Å². The van der Waals surface area contributed by atoms with Crippen molar-refractivity contribution in [2.24, 2.45) is 0 Å². The summed E-state index contributed by atoms with van der Waals surface area (Å²) in [4.78, 5) is 40.8. The van der Waals surface area contributed by atoms with Crippen molar-refractivity contribution < 1.29 is 14.4 Å². The fraction of sp³-hybridized carbons (Fsp3) is 0.786. The molecule has 0 aromatic rings. The Balaban J connectivity index is 1.60. The topological polar surface area (TPSA) is 60.9 Å². The van der Waals surface area contributed by atoms with Crippen LogP contribution in [0.3, 0.4) is 0 Å². The highest BCUT2D eigenvalue weighted by Gasteiger charge is 2.44. The highest BCUT2D eigenvalue weighted by molar-refractivity contribution is 6.04. The predicted octanol–water partition coefficient (Wildman–Crippen LogP) is 0.816. The van der Waals surface area contributed by atoms with E-state index in [2.05, 4.69) is 0 Å². The number of nitrogens with zero attached hydrogens (tertiary/aromatic N) is 3. The van der Waals surface area contributed by atoms with Crippen molar-refractivity contribution in [1.29, 1.82) is 0 Å². The van der Waals surface area contributed by atoms with Crippen LogP contribution in [0.5, 0.6) is 0 Å². The smallest absolute Gasteiger partial charge is 0.327 e. The number of imide groups is 1. The van der Waals surface area contributed by atoms with Crippen molar-refractivity contribution in [3.05, 3.63) is 0 Å². The van der Waals surface area contributed by atoms with Crippen LogP contribution >= 0.6 is 0 Å². The molecule has 3 rings (SSSR count). The van der Waals surface area contributed by atoms with Crippen LogP contribution in [0.2, 0.25) is 0 Å². The second-order valence-electron chi connectivity index (χ2n) is 5.92. The molecule has 1 aliphatic carbocycles. The molecule has 2 aliphatic heterocycles. The first kappa shape index (κ1) is 13.4. The largest absolute Gasteiger partial charge is 0.341 e. The number of hydrogen-bond acceptors (Lipinski definition) is 3. The van der Waals surface area contributed by atoms with Gasteiger partial charge in [-0.1, -0.05) is 12.8 Å². The average Bonchev–Trinajstić information content (AvgIpc) is 3.24. The normalized spacial score (nSPS) is 24.3. The lowest BCUT2D eigenvalue weighted by molar-refractivity contribution is -0.136. The number of likely N-dealkylation sites (tertiary alicyclic amines) is 1. The molecule has 0 spiro atoms.